The Hall–Kier alpha value is -2.23. The Labute approximate surface area is 216 Å². The molecule has 1 aromatic carbocycles. The zero-order valence-corrected chi connectivity index (χ0v) is 22.2. The molecule has 4 atom stereocenters. The maximum Gasteiger partial charge on any atom is 0.336 e. The van der Waals surface area contributed by atoms with Crippen molar-refractivity contribution in [2.45, 2.75) is 76.2 Å². The summed E-state index contributed by atoms with van der Waals surface area (Å²) in [7, 11) is 1.62. The van der Waals surface area contributed by atoms with Gasteiger partial charge in [-0.25, -0.2) is 4.79 Å². The van der Waals surface area contributed by atoms with Crippen molar-refractivity contribution >= 4 is 22.8 Å². The lowest BCUT2D eigenvalue weighted by atomic mass is 9.77. The predicted octanol–water partition coefficient (Wildman–Crippen LogP) is 3.81. The van der Waals surface area contributed by atoms with E-state index in [0.717, 1.165) is 49.4 Å². The molecule has 1 spiro atoms. The van der Waals surface area contributed by atoms with Gasteiger partial charge in [-0.05, 0) is 74.7 Å². The maximum absolute atomic E-state index is 13.5. The van der Waals surface area contributed by atoms with Gasteiger partial charge in [0.25, 0.3) is 0 Å². The lowest BCUT2D eigenvalue weighted by Gasteiger charge is -2.39. The summed E-state index contributed by atoms with van der Waals surface area (Å²) in [6.45, 7) is 7.70. The van der Waals surface area contributed by atoms with Crippen LogP contribution in [0.2, 0.25) is 0 Å². The molecule has 1 aromatic rings. The van der Waals surface area contributed by atoms with Gasteiger partial charge >= 0.3 is 5.97 Å². The lowest BCUT2D eigenvalue weighted by Crippen LogP contribution is -2.48. The van der Waals surface area contributed by atoms with Crippen LogP contribution in [0, 0.1) is 0 Å². The summed E-state index contributed by atoms with van der Waals surface area (Å²) >= 11 is 1.19. The number of benzene rings is 1. The number of ether oxygens (including phenoxy) is 5. The van der Waals surface area contributed by atoms with E-state index in [4.69, 9.17) is 23.7 Å². The predicted molar refractivity (Wildman–Crippen MR) is 135 cm³/mol. The van der Waals surface area contributed by atoms with E-state index in [1.165, 1.54) is 17.3 Å². The second-order valence-electron chi connectivity index (χ2n) is 10.0. The fraction of sp³-hybridized carbons (Fsp3) is 0.630. The third-order valence-electron chi connectivity index (χ3n) is 7.56. The van der Waals surface area contributed by atoms with Gasteiger partial charge in [0.1, 0.15) is 5.76 Å². The maximum atomic E-state index is 13.5. The van der Waals surface area contributed by atoms with Crippen molar-refractivity contribution in [1.82, 2.24) is 4.90 Å². The Morgan fingerprint density at radius 2 is 2.00 bits per heavy atom. The molecule has 9 heteroatoms. The molecule has 2 unspecified atom stereocenters. The number of fused-ring (bicyclic) bond motifs is 3. The lowest BCUT2D eigenvalue weighted by molar-refractivity contribution is -0.167. The molecule has 0 aromatic heterocycles. The molecule has 1 saturated heterocycles. The van der Waals surface area contributed by atoms with Crippen LogP contribution in [0.5, 0.6) is 11.5 Å². The molecular weight excluding hydrogens is 482 g/mol. The van der Waals surface area contributed by atoms with Crippen molar-refractivity contribution in [3.63, 3.8) is 0 Å². The molecule has 36 heavy (non-hydrogen) atoms. The summed E-state index contributed by atoms with van der Waals surface area (Å²) in [5, 5.41) is -0.0833. The van der Waals surface area contributed by atoms with E-state index < -0.39 is 18.2 Å². The molecule has 0 saturated carbocycles. The fourth-order valence-corrected chi connectivity index (χ4v) is 6.77. The molecule has 0 N–H and O–H groups in total. The molecule has 5 rings (SSSR count). The molecule has 3 aliphatic heterocycles. The number of hydrogen-bond donors (Lipinski definition) is 0. The first-order valence-electron chi connectivity index (χ1n) is 12.8. The third kappa shape index (κ3) is 4.50. The number of carbonyl (C=O) groups excluding carboxylic acids is 2. The first kappa shape index (κ1) is 25.4. The minimum atomic E-state index is -0.965. The topological polar surface area (TPSA) is 83.5 Å². The number of nitrogens with zero attached hydrogens (tertiary/aromatic N) is 1. The smallest absolute Gasteiger partial charge is 0.336 e. The van der Waals surface area contributed by atoms with Crippen LogP contribution in [-0.2, 0) is 30.2 Å². The number of methoxy groups -OCH3 is 1. The molecule has 1 fully saturated rings. The van der Waals surface area contributed by atoms with Crippen LogP contribution in [0.15, 0.2) is 24.0 Å². The highest BCUT2D eigenvalue weighted by Crippen LogP contribution is 2.55. The minimum absolute atomic E-state index is 0.0223. The third-order valence-corrected chi connectivity index (χ3v) is 8.34. The van der Waals surface area contributed by atoms with Crippen LogP contribution in [0.25, 0.3) is 0 Å². The average Bonchev–Trinajstić information content (AvgIpc) is 3.52. The van der Waals surface area contributed by atoms with E-state index in [1.54, 1.807) is 7.11 Å². The highest BCUT2D eigenvalue weighted by Gasteiger charge is 2.58. The molecular formula is C27H35NO7S. The van der Waals surface area contributed by atoms with Crippen LogP contribution in [0.3, 0.4) is 0 Å². The largest absolute Gasteiger partial charge is 0.497 e. The zero-order valence-electron chi connectivity index (χ0n) is 21.4. The summed E-state index contributed by atoms with van der Waals surface area (Å²) < 4.78 is 29.3. The summed E-state index contributed by atoms with van der Waals surface area (Å²) in [4.78, 5) is 28.4. The van der Waals surface area contributed by atoms with E-state index in [2.05, 4.69) is 23.1 Å². The quantitative estimate of drug-likeness (QED) is 0.478. The van der Waals surface area contributed by atoms with Gasteiger partial charge in [0, 0.05) is 6.54 Å². The van der Waals surface area contributed by atoms with Gasteiger partial charge in [0.2, 0.25) is 6.79 Å². The average molecular weight is 518 g/mol. The molecule has 4 aliphatic rings. The standard InChI is InChI=1S/C27H35NO7S/c1-5-36-23(29)13-21(34-16(2)3)26(30)35-25-22(31-4)14-27-8-6-9-28(27)10-7-17-11-19-20(33-15-32-19)12-18(17)24(25)27/h11-12,14,16,21,24-25H,5-10,13,15H2,1-4H3/t21-,24-,25?,27?/m1/s1. The van der Waals surface area contributed by atoms with Gasteiger partial charge in [-0.1, -0.05) is 18.7 Å². The van der Waals surface area contributed by atoms with E-state index in [0.29, 0.717) is 11.5 Å². The second-order valence-corrected chi connectivity index (χ2v) is 11.3. The number of hydrogen-bond acceptors (Lipinski definition) is 9. The molecule has 3 heterocycles. The van der Waals surface area contributed by atoms with Crippen molar-refractivity contribution in [2.24, 2.45) is 0 Å². The molecule has 0 amide bonds. The Kier molecular flexibility index (Phi) is 7.25. The monoisotopic (exact) mass is 517 g/mol. The summed E-state index contributed by atoms with van der Waals surface area (Å²) in [5.74, 6) is 2.07. The van der Waals surface area contributed by atoms with E-state index >= 15 is 0 Å². The van der Waals surface area contributed by atoms with Crippen molar-refractivity contribution in [3.8, 4) is 11.5 Å². The number of esters is 1. The van der Waals surface area contributed by atoms with Gasteiger partial charge in [-0.2, -0.15) is 0 Å². The number of thioether (sulfide) groups is 1. The van der Waals surface area contributed by atoms with Crippen molar-refractivity contribution in [3.05, 3.63) is 35.1 Å². The van der Waals surface area contributed by atoms with Crippen LogP contribution < -0.4 is 9.47 Å². The molecule has 8 nitrogen and oxygen atoms in total. The Morgan fingerprint density at radius 3 is 2.72 bits per heavy atom. The van der Waals surface area contributed by atoms with Crippen LogP contribution >= 0.6 is 11.8 Å². The Morgan fingerprint density at radius 1 is 1.22 bits per heavy atom. The van der Waals surface area contributed by atoms with Gasteiger partial charge in [0.05, 0.1) is 31.1 Å². The molecule has 0 radical (unpaired) electrons. The first-order chi connectivity index (χ1) is 17.4. The number of rotatable bonds is 8. The van der Waals surface area contributed by atoms with Gasteiger partial charge in [-0.15, -0.1) is 0 Å². The van der Waals surface area contributed by atoms with Gasteiger partial charge < -0.3 is 23.7 Å². The SMILES string of the molecule is CCSC(=O)C[C@@H](OC(C)C)C(=O)OC1C(OC)=CC23CCCN2CCc2cc4c(cc2[C@H]13)OCO4. The number of carbonyl (C=O) groups is 2. The highest BCUT2D eigenvalue weighted by molar-refractivity contribution is 8.13. The van der Waals surface area contributed by atoms with Crippen LogP contribution in [0.1, 0.15) is 57.1 Å². The van der Waals surface area contributed by atoms with E-state index in [-0.39, 0.29) is 35.9 Å². The van der Waals surface area contributed by atoms with Gasteiger partial charge in [0.15, 0.2) is 28.8 Å². The molecule has 1 aliphatic carbocycles. The van der Waals surface area contributed by atoms with Crippen LogP contribution in [0.4, 0.5) is 0 Å². The summed E-state index contributed by atoms with van der Waals surface area (Å²) in [5.41, 5.74) is 1.97. The Bertz CT molecular complexity index is 1060. The van der Waals surface area contributed by atoms with Crippen molar-refractivity contribution in [1.29, 1.82) is 0 Å². The Balaban J connectivity index is 1.51. The molecule has 196 valence electrons. The normalized spacial score (nSPS) is 27.1. The van der Waals surface area contributed by atoms with E-state index in [9.17, 15) is 9.59 Å². The second kappa shape index (κ2) is 10.3. The highest BCUT2D eigenvalue weighted by atomic mass is 32.2. The fourth-order valence-electron chi connectivity index (χ4n) is 6.18. The van der Waals surface area contributed by atoms with Crippen LogP contribution in [-0.4, -0.2) is 72.6 Å². The molecule has 0 bridgehead atoms. The van der Waals surface area contributed by atoms with Gasteiger partial charge in [-0.3, -0.25) is 9.69 Å². The zero-order chi connectivity index (χ0) is 25.4. The summed E-state index contributed by atoms with van der Waals surface area (Å²) in [6.07, 6.45) is 3.21. The minimum Gasteiger partial charge on any atom is -0.497 e. The van der Waals surface area contributed by atoms with Crippen molar-refractivity contribution < 1.29 is 33.3 Å². The van der Waals surface area contributed by atoms with E-state index in [1.807, 2.05) is 20.8 Å². The summed E-state index contributed by atoms with van der Waals surface area (Å²) in [6, 6.07) is 4.13. The van der Waals surface area contributed by atoms with Crippen molar-refractivity contribution in [2.75, 3.05) is 32.7 Å². The first-order valence-corrected chi connectivity index (χ1v) is 13.8.